The van der Waals surface area contributed by atoms with E-state index in [0.717, 1.165) is 11.1 Å². The lowest BCUT2D eigenvalue weighted by Crippen LogP contribution is -2.09. The number of rotatable bonds is 4. The highest BCUT2D eigenvalue weighted by molar-refractivity contribution is 6.30. The number of aryl methyl sites for hydroxylation is 2. The van der Waals surface area contributed by atoms with E-state index in [1.54, 1.807) is 30.3 Å². The van der Waals surface area contributed by atoms with Crippen LogP contribution in [0.4, 0.5) is 0 Å². The standard InChI is InChI=1S/C17H15ClO3/c1-10-7-14(16(20)8-11(10)2)17(21)9-15(19)12-3-5-13(18)6-4-12/h3-8,20H,9H2,1-2H3. The van der Waals surface area contributed by atoms with E-state index in [1.807, 2.05) is 13.8 Å². The van der Waals surface area contributed by atoms with Gasteiger partial charge in [-0.3, -0.25) is 9.59 Å². The van der Waals surface area contributed by atoms with Gasteiger partial charge in [0, 0.05) is 10.6 Å². The molecule has 0 unspecified atom stereocenters. The molecule has 0 heterocycles. The van der Waals surface area contributed by atoms with Crippen molar-refractivity contribution < 1.29 is 14.7 Å². The van der Waals surface area contributed by atoms with Gasteiger partial charge in [-0.2, -0.15) is 0 Å². The van der Waals surface area contributed by atoms with E-state index in [0.29, 0.717) is 10.6 Å². The van der Waals surface area contributed by atoms with Crippen LogP contribution in [0.25, 0.3) is 0 Å². The van der Waals surface area contributed by atoms with Crippen LogP contribution in [0.3, 0.4) is 0 Å². The van der Waals surface area contributed by atoms with Crippen LogP contribution in [-0.2, 0) is 0 Å². The first kappa shape index (κ1) is 15.3. The molecule has 0 bridgehead atoms. The Bertz CT molecular complexity index is 703. The molecule has 0 aromatic heterocycles. The summed E-state index contributed by atoms with van der Waals surface area (Å²) in [6, 6.07) is 9.52. The predicted molar refractivity (Wildman–Crippen MR) is 82.3 cm³/mol. The smallest absolute Gasteiger partial charge is 0.174 e. The Balaban J connectivity index is 2.20. The fourth-order valence-electron chi connectivity index (χ4n) is 2.00. The summed E-state index contributed by atoms with van der Waals surface area (Å²) in [7, 11) is 0. The number of phenolic OH excluding ortho intramolecular Hbond substituents is 1. The highest BCUT2D eigenvalue weighted by Crippen LogP contribution is 2.24. The van der Waals surface area contributed by atoms with Crippen LogP contribution >= 0.6 is 11.6 Å². The number of carbonyl (C=O) groups excluding carboxylic acids is 2. The first-order valence-electron chi connectivity index (χ1n) is 6.50. The second kappa shape index (κ2) is 6.10. The zero-order chi connectivity index (χ0) is 15.6. The third-order valence-electron chi connectivity index (χ3n) is 3.40. The SMILES string of the molecule is Cc1cc(O)c(C(=O)CC(=O)c2ccc(Cl)cc2)cc1C. The topological polar surface area (TPSA) is 54.4 Å². The highest BCUT2D eigenvalue weighted by atomic mass is 35.5. The number of Topliss-reactive ketones (excluding diaryl/α,β-unsaturated/α-hetero) is 2. The van der Waals surface area contributed by atoms with Crippen LogP contribution in [0.15, 0.2) is 36.4 Å². The molecule has 0 radical (unpaired) electrons. The van der Waals surface area contributed by atoms with E-state index in [9.17, 15) is 14.7 Å². The Morgan fingerprint density at radius 2 is 1.57 bits per heavy atom. The summed E-state index contributed by atoms with van der Waals surface area (Å²) < 4.78 is 0. The molecule has 2 aromatic carbocycles. The molecule has 0 spiro atoms. The maximum absolute atomic E-state index is 12.2. The minimum atomic E-state index is -0.393. The van der Waals surface area contributed by atoms with Gasteiger partial charge in [0.2, 0.25) is 0 Å². The molecule has 108 valence electrons. The number of ketones is 2. The number of hydrogen-bond donors (Lipinski definition) is 1. The van der Waals surface area contributed by atoms with Gasteiger partial charge in [-0.25, -0.2) is 0 Å². The lowest BCUT2D eigenvalue weighted by Gasteiger charge is -2.07. The molecule has 0 aliphatic rings. The second-order valence-corrected chi connectivity index (χ2v) is 5.42. The van der Waals surface area contributed by atoms with Crippen molar-refractivity contribution in [1.29, 1.82) is 0 Å². The third-order valence-corrected chi connectivity index (χ3v) is 3.65. The number of benzene rings is 2. The van der Waals surface area contributed by atoms with Crippen molar-refractivity contribution in [2.75, 3.05) is 0 Å². The van der Waals surface area contributed by atoms with Gasteiger partial charge in [0.05, 0.1) is 12.0 Å². The zero-order valence-corrected chi connectivity index (χ0v) is 12.6. The fraction of sp³-hybridized carbons (Fsp3) is 0.176. The van der Waals surface area contributed by atoms with E-state index in [-0.39, 0.29) is 23.5 Å². The number of phenols is 1. The number of aromatic hydroxyl groups is 1. The molecule has 2 rings (SSSR count). The molecule has 2 aromatic rings. The van der Waals surface area contributed by atoms with Crippen LogP contribution in [0.5, 0.6) is 5.75 Å². The molecule has 0 aliphatic heterocycles. The summed E-state index contributed by atoms with van der Waals surface area (Å²) in [6.07, 6.45) is -0.280. The Morgan fingerprint density at radius 3 is 2.19 bits per heavy atom. The molecule has 0 amide bonds. The summed E-state index contributed by atoms with van der Waals surface area (Å²) in [5.41, 5.74) is 2.40. The van der Waals surface area contributed by atoms with Crippen molar-refractivity contribution in [2.24, 2.45) is 0 Å². The molecule has 0 saturated carbocycles. The number of hydrogen-bond acceptors (Lipinski definition) is 3. The molecule has 21 heavy (non-hydrogen) atoms. The van der Waals surface area contributed by atoms with Crippen molar-refractivity contribution in [3.63, 3.8) is 0 Å². The van der Waals surface area contributed by atoms with Gasteiger partial charge in [-0.05, 0) is 61.4 Å². The van der Waals surface area contributed by atoms with E-state index in [4.69, 9.17) is 11.6 Å². The summed E-state index contributed by atoms with van der Waals surface area (Å²) in [4.78, 5) is 24.2. The van der Waals surface area contributed by atoms with Crippen molar-refractivity contribution in [3.05, 3.63) is 63.7 Å². The molecule has 4 heteroatoms. The maximum Gasteiger partial charge on any atom is 0.174 e. The Kier molecular flexibility index (Phi) is 4.43. The summed E-state index contributed by atoms with van der Waals surface area (Å²) in [5.74, 6) is -0.781. The maximum atomic E-state index is 12.2. The van der Waals surface area contributed by atoms with Gasteiger partial charge in [-0.1, -0.05) is 11.6 Å². The first-order valence-corrected chi connectivity index (χ1v) is 6.88. The van der Waals surface area contributed by atoms with Crippen molar-refractivity contribution in [3.8, 4) is 5.75 Å². The van der Waals surface area contributed by atoms with Crippen LogP contribution < -0.4 is 0 Å². The van der Waals surface area contributed by atoms with Gasteiger partial charge in [0.25, 0.3) is 0 Å². The van der Waals surface area contributed by atoms with E-state index in [1.165, 1.54) is 6.07 Å². The fourth-order valence-corrected chi connectivity index (χ4v) is 2.13. The first-order chi connectivity index (χ1) is 9.88. The Morgan fingerprint density at radius 1 is 1.00 bits per heavy atom. The molecular weight excluding hydrogens is 288 g/mol. The predicted octanol–water partition coefficient (Wildman–Crippen LogP) is 4.12. The molecular formula is C17H15ClO3. The van der Waals surface area contributed by atoms with Gasteiger partial charge in [-0.15, -0.1) is 0 Å². The lowest BCUT2D eigenvalue weighted by atomic mass is 9.98. The minimum absolute atomic E-state index is 0.0907. The van der Waals surface area contributed by atoms with E-state index >= 15 is 0 Å². The second-order valence-electron chi connectivity index (χ2n) is 4.98. The average molecular weight is 303 g/mol. The average Bonchev–Trinajstić information content (AvgIpc) is 2.43. The van der Waals surface area contributed by atoms with Crippen LogP contribution in [0.2, 0.25) is 5.02 Å². The minimum Gasteiger partial charge on any atom is -0.507 e. The van der Waals surface area contributed by atoms with Gasteiger partial charge < -0.3 is 5.11 Å². The van der Waals surface area contributed by atoms with Crippen molar-refractivity contribution in [1.82, 2.24) is 0 Å². The quantitative estimate of drug-likeness (QED) is 0.683. The molecule has 1 N–H and O–H groups in total. The van der Waals surface area contributed by atoms with Gasteiger partial charge in [0.15, 0.2) is 11.6 Å². The van der Waals surface area contributed by atoms with Crippen LogP contribution in [0.1, 0.15) is 38.3 Å². The largest absolute Gasteiger partial charge is 0.507 e. The monoisotopic (exact) mass is 302 g/mol. The molecule has 0 fully saturated rings. The summed E-state index contributed by atoms with van der Waals surface area (Å²) in [6.45, 7) is 3.70. The Labute approximate surface area is 128 Å². The molecule has 0 aliphatic carbocycles. The molecule has 0 saturated heterocycles. The van der Waals surface area contributed by atoms with Gasteiger partial charge >= 0.3 is 0 Å². The van der Waals surface area contributed by atoms with Crippen LogP contribution in [0, 0.1) is 13.8 Å². The number of halogens is 1. The normalized spacial score (nSPS) is 10.4. The summed E-state index contributed by atoms with van der Waals surface area (Å²) >= 11 is 5.76. The highest BCUT2D eigenvalue weighted by Gasteiger charge is 2.17. The zero-order valence-electron chi connectivity index (χ0n) is 11.8. The Hall–Kier alpha value is -2.13. The summed E-state index contributed by atoms with van der Waals surface area (Å²) in [5, 5.41) is 10.4. The van der Waals surface area contributed by atoms with Crippen molar-refractivity contribution >= 4 is 23.2 Å². The molecule has 0 atom stereocenters. The third kappa shape index (κ3) is 3.50. The van der Waals surface area contributed by atoms with Crippen molar-refractivity contribution in [2.45, 2.75) is 20.3 Å². The van der Waals surface area contributed by atoms with E-state index in [2.05, 4.69) is 0 Å². The lowest BCUT2D eigenvalue weighted by molar-refractivity contribution is 0.0893. The van der Waals surface area contributed by atoms with Crippen LogP contribution in [-0.4, -0.2) is 16.7 Å². The van der Waals surface area contributed by atoms with E-state index < -0.39 is 5.78 Å². The van der Waals surface area contributed by atoms with Gasteiger partial charge in [0.1, 0.15) is 5.75 Å². The number of carbonyl (C=O) groups is 2. The molecule has 3 nitrogen and oxygen atoms in total.